The van der Waals surface area contributed by atoms with Gasteiger partial charge in [0, 0.05) is 16.3 Å². The summed E-state index contributed by atoms with van der Waals surface area (Å²) in [5.41, 5.74) is 4.90. The van der Waals surface area contributed by atoms with Crippen molar-refractivity contribution in [1.29, 1.82) is 0 Å². The van der Waals surface area contributed by atoms with Gasteiger partial charge in [0.05, 0.1) is 7.11 Å². The van der Waals surface area contributed by atoms with Crippen LogP contribution >= 0.6 is 0 Å². The van der Waals surface area contributed by atoms with E-state index < -0.39 is 0 Å². The molecule has 0 spiro atoms. The Morgan fingerprint density at radius 3 is 2.32 bits per heavy atom. The Balaban J connectivity index is 1.57. The lowest BCUT2D eigenvalue weighted by atomic mass is 10.0. The summed E-state index contributed by atoms with van der Waals surface area (Å²) in [6.07, 6.45) is 3.56. The molecule has 138 valence electrons. The maximum absolute atomic E-state index is 6.03. The molecule has 0 fully saturated rings. The Morgan fingerprint density at radius 1 is 0.750 bits per heavy atom. The lowest BCUT2D eigenvalue weighted by Crippen LogP contribution is -1.96. The zero-order valence-electron chi connectivity index (χ0n) is 15.7. The Hall–Kier alpha value is -3.40. The Morgan fingerprint density at radius 2 is 1.50 bits per heavy atom. The summed E-state index contributed by atoms with van der Waals surface area (Å²) < 4.78 is 11.2. The first-order valence-corrected chi connectivity index (χ1v) is 9.51. The van der Waals surface area contributed by atoms with E-state index in [2.05, 4.69) is 34.5 Å². The van der Waals surface area contributed by atoms with E-state index in [4.69, 9.17) is 9.47 Å². The molecule has 4 aromatic rings. The number of aromatic nitrogens is 2. The predicted octanol–water partition coefficient (Wildman–Crippen LogP) is 5.59. The topological polar surface area (TPSA) is 44.2 Å². The van der Waals surface area contributed by atoms with Crippen LogP contribution in [-0.2, 0) is 12.8 Å². The van der Waals surface area contributed by atoms with Crippen LogP contribution in [0, 0.1) is 0 Å². The number of rotatable bonds is 4. The number of fused-ring (bicyclic) bond motifs is 2. The maximum atomic E-state index is 6.03. The van der Waals surface area contributed by atoms with Crippen molar-refractivity contribution in [3.63, 3.8) is 0 Å². The van der Waals surface area contributed by atoms with E-state index in [0.29, 0.717) is 11.6 Å². The van der Waals surface area contributed by atoms with Crippen LogP contribution in [-0.4, -0.2) is 17.3 Å². The van der Waals surface area contributed by atoms with Crippen LogP contribution in [0.1, 0.15) is 17.5 Å². The minimum absolute atomic E-state index is 0.505. The smallest absolute Gasteiger partial charge is 0.246 e. The third-order valence-electron chi connectivity index (χ3n) is 5.30. The van der Waals surface area contributed by atoms with Gasteiger partial charge in [0.25, 0.3) is 0 Å². The normalized spacial score (nSPS) is 12.8. The van der Waals surface area contributed by atoms with Crippen LogP contribution in [0.2, 0.25) is 0 Å². The minimum atomic E-state index is 0.505. The number of methoxy groups -OCH3 is 1. The first-order chi connectivity index (χ1) is 13.8. The fourth-order valence-electron chi connectivity index (χ4n) is 3.84. The van der Waals surface area contributed by atoms with Crippen LogP contribution in [0.4, 0.5) is 0 Å². The second-order valence-corrected chi connectivity index (χ2v) is 7.01. The molecule has 1 aromatic heterocycles. The highest BCUT2D eigenvalue weighted by Crippen LogP contribution is 2.35. The molecule has 0 N–H and O–H groups in total. The molecule has 0 saturated carbocycles. The second-order valence-electron chi connectivity index (χ2n) is 7.01. The quantitative estimate of drug-likeness (QED) is 0.471. The SMILES string of the molecule is COc1ccc(Oc2nnc(-c3ccc4c(c3)CCC4)c3ccccc23)cc1. The maximum Gasteiger partial charge on any atom is 0.246 e. The summed E-state index contributed by atoms with van der Waals surface area (Å²) in [6.45, 7) is 0. The van der Waals surface area contributed by atoms with Crippen molar-refractivity contribution in [1.82, 2.24) is 10.2 Å². The summed E-state index contributed by atoms with van der Waals surface area (Å²) in [5, 5.41) is 10.9. The van der Waals surface area contributed by atoms with Crippen molar-refractivity contribution in [2.45, 2.75) is 19.3 Å². The molecule has 3 aromatic carbocycles. The van der Waals surface area contributed by atoms with Crippen molar-refractivity contribution < 1.29 is 9.47 Å². The molecule has 0 atom stereocenters. The fourth-order valence-corrected chi connectivity index (χ4v) is 3.84. The van der Waals surface area contributed by atoms with Crippen molar-refractivity contribution >= 4 is 10.8 Å². The average molecular weight is 368 g/mol. The van der Waals surface area contributed by atoms with Gasteiger partial charge in [0.2, 0.25) is 5.88 Å². The first-order valence-electron chi connectivity index (χ1n) is 9.51. The van der Waals surface area contributed by atoms with Gasteiger partial charge in [0.1, 0.15) is 17.2 Å². The molecular formula is C24H20N2O2. The Labute approximate surface area is 163 Å². The van der Waals surface area contributed by atoms with Crippen molar-refractivity contribution in [2.75, 3.05) is 7.11 Å². The zero-order chi connectivity index (χ0) is 18.9. The molecular weight excluding hydrogens is 348 g/mol. The molecule has 0 saturated heterocycles. The van der Waals surface area contributed by atoms with E-state index in [-0.39, 0.29) is 0 Å². The third-order valence-corrected chi connectivity index (χ3v) is 5.30. The van der Waals surface area contributed by atoms with Crippen LogP contribution < -0.4 is 9.47 Å². The standard InChI is InChI=1S/C24H20N2O2/c1-27-19-11-13-20(14-12-19)28-24-22-8-3-2-7-21(22)23(25-26-24)18-10-9-16-5-4-6-17(16)15-18/h2-3,7-15H,4-6H2,1H3. The van der Waals surface area contributed by atoms with Gasteiger partial charge in [-0.2, -0.15) is 0 Å². The molecule has 0 bridgehead atoms. The van der Waals surface area contributed by atoms with E-state index in [1.54, 1.807) is 7.11 Å². The number of hydrogen-bond acceptors (Lipinski definition) is 4. The monoisotopic (exact) mass is 368 g/mol. The molecule has 28 heavy (non-hydrogen) atoms. The second kappa shape index (κ2) is 6.97. The number of nitrogens with zero attached hydrogens (tertiary/aromatic N) is 2. The molecule has 4 nitrogen and oxygen atoms in total. The van der Waals surface area contributed by atoms with Gasteiger partial charge >= 0.3 is 0 Å². The number of hydrogen-bond donors (Lipinski definition) is 0. The highest BCUT2D eigenvalue weighted by atomic mass is 16.5. The molecule has 0 amide bonds. The zero-order valence-corrected chi connectivity index (χ0v) is 15.7. The van der Waals surface area contributed by atoms with Gasteiger partial charge < -0.3 is 9.47 Å². The van der Waals surface area contributed by atoms with E-state index in [1.807, 2.05) is 42.5 Å². The van der Waals surface area contributed by atoms with Gasteiger partial charge in [0.15, 0.2) is 0 Å². The Bertz CT molecular complexity index is 1150. The summed E-state index contributed by atoms with van der Waals surface area (Å²) in [5.74, 6) is 1.99. The van der Waals surface area contributed by atoms with E-state index >= 15 is 0 Å². The van der Waals surface area contributed by atoms with Gasteiger partial charge in [-0.3, -0.25) is 0 Å². The molecule has 4 heteroatoms. The van der Waals surface area contributed by atoms with Crippen LogP contribution in [0.5, 0.6) is 17.4 Å². The number of ether oxygens (including phenoxy) is 2. The summed E-state index contributed by atoms with van der Waals surface area (Å²) >= 11 is 0. The Kier molecular flexibility index (Phi) is 4.17. The van der Waals surface area contributed by atoms with Crippen LogP contribution in [0.25, 0.3) is 22.0 Å². The van der Waals surface area contributed by atoms with E-state index in [1.165, 1.54) is 24.0 Å². The molecule has 5 rings (SSSR count). The lowest BCUT2D eigenvalue weighted by Gasteiger charge is -2.11. The van der Waals surface area contributed by atoms with Crippen molar-refractivity contribution in [3.05, 3.63) is 77.9 Å². The highest BCUT2D eigenvalue weighted by molar-refractivity contribution is 5.97. The molecule has 1 aliphatic carbocycles. The predicted molar refractivity (Wildman–Crippen MR) is 110 cm³/mol. The molecule has 0 radical (unpaired) electrons. The summed E-state index contributed by atoms with van der Waals surface area (Å²) in [4.78, 5) is 0. The van der Waals surface area contributed by atoms with Gasteiger partial charge in [-0.1, -0.05) is 30.3 Å². The molecule has 0 aliphatic heterocycles. The summed E-state index contributed by atoms with van der Waals surface area (Å²) in [7, 11) is 1.65. The first kappa shape index (κ1) is 16.8. The van der Waals surface area contributed by atoms with E-state index in [0.717, 1.165) is 34.2 Å². The number of benzene rings is 3. The van der Waals surface area contributed by atoms with Crippen LogP contribution in [0.3, 0.4) is 0 Å². The molecule has 0 unspecified atom stereocenters. The van der Waals surface area contributed by atoms with Gasteiger partial charge in [-0.05, 0) is 66.8 Å². The minimum Gasteiger partial charge on any atom is -0.497 e. The molecule has 1 heterocycles. The highest BCUT2D eigenvalue weighted by Gasteiger charge is 2.16. The van der Waals surface area contributed by atoms with Crippen molar-refractivity contribution in [2.24, 2.45) is 0 Å². The third kappa shape index (κ3) is 2.97. The van der Waals surface area contributed by atoms with Gasteiger partial charge in [-0.25, -0.2) is 0 Å². The molecule has 1 aliphatic rings. The number of aryl methyl sites for hydroxylation is 2. The lowest BCUT2D eigenvalue weighted by molar-refractivity contribution is 0.412. The van der Waals surface area contributed by atoms with Crippen LogP contribution in [0.15, 0.2) is 66.7 Å². The average Bonchev–Trinajstić information content (AvgIpc) is 3.22. The van der Waals surface area contributed by atoms with Gasteiger partial charge in [-0.15, -0.1) is 10.2 Å². The largest absolute Gasteiger partial charge is 0.497 e. The van der Waals surface area contributed by atoms with E-state index in [9.17, 15) is 0 Å². The fraction of sp³-hybridized carbons (Fsp3) is 0.167. The summed E-state index contributed by atoms with van der Waals surface area (Å²) in [6, 6.07) is 22.2. The van der Waals surface area contributed by atoms with Crippen molar-refractivity contribution in [3.8, 4) is 28.6 Å².